The van der Waals surface area contributed by atoms with Crippen molar-refractivity contribution in [2.45, 2.75) is 39.7 Å². The van der Waals surface area contributed by atoms with E-state index in [0.717, 1.165) is 24.1 Å². The second-order valence-corrected chi connectivity index (χ2v) is 8.09. The normalized spacial score (nSPS) is 11.8. The van der Waals surface area contributed by atoms with Crippen molar-refractivity contribution in [3.8, 4) is 11.5 Å². The number of benzene rings is 2. The van der Waals surface area contributed by atoms with Crippen LogP contribution >= 0.6 is 0 Å². The minimum Gasteiger partial charge on any atom is -0.492 e. The number of rotatable bonds is 13. The van der Waals surface area contributed by atoms with E-state index in [1.54, 1.807) is 31.2 Å². The summed E-state index contributed by atoms with van der Waals surface area (Å²) in [7, 11) is 0. The van der Waals surface area contributed by atoms with E-state index in [9.17, 15) is 23.5 Å². The summed E-state index contributed by atoms with van der Waals surface area (Å²) in [6.07, 6.45) is -0.623. The van der Waals surface area contributed by atoms with Crippen molar-refractivity contribution in [1.29, 1.82) is 0 Å². The minimum atomic E-state index is -1.10. The van der Waals surface area contributed by atoms with Crippen LogP contribution in [0.15, 0.2) is 42.5 Å². The third-order valence-electron chi connectivity index (χ3n) is 4.95. The third kappa shape index (κ3) is 8.97. The van der Waals surface area contributed by atoms with Crippen LogP contribution in [0.5, 0.6) is 11.5 Å². The van der Waals surface area contributed by atoms with E-state index in [-0.39, 0.29) is 25.3 Å². The highest BCUT2D eigenvalue weighted by Crippen LogP contribution is 2.18. The molecule has 1 N–H and O–H groups in total. The van der Waals surface area contributed by atoms with Gasteiger partial charge in [-0.2, -0.15) is 0 Å². The molecule has 2 rings (SSSR count). The maximum absolute atomic E-state index is 13.4. The number of hydrogen-bond acceptors (Lipinski definition) is 5. The molecule has 1 atom stereocenters. The fraction of sp³-hybridized carbons (Fsp3) is 0.440. The molecule has 1 amide bonds. The molecule has 186 valence electrons. The van der Waals surface area contributed by atoms with Crippen LogP contribution in [0, 0.1) is 17.6 Å². The van der Waals surface area contributed by atoms with E-state index < -0.39 is 29.8 Å². The van der Waals surface area contributed by atoms with E-state index in [1.807, 2.05) is 13.8 Å². The van der Waals surface area contributed by atoms with Gasteiger partial charge < -0.3 is 24.2 Å². The zero-order valence-electron chi connectivity index (χ0n) is 19.6. The van der Waals surface area contributed by atoms with E-state index >= 15 is 0 Å². The summed E-state index contributed by atoms with van der Waals surface area (Å²) in [6.45, 7) is 6.92. The predicted octanol–water partition coefficient (Wildman–Crippen LogP) is 4.92. The van der Waals surface area contributed by atoms with E-state index in [4.69, 9.17) is 14.2 Å². The van der Waals surface area contributed by atoms with Gasteiger partial charge >= 0.3 is 12.1 Å². The Bertz CT molecular complexity index is 936. The lowest BCUT2D eigenvalue weighted by molar-refractivity contribution is -0.149. The van der Waals surface area contributed by atoms with Gasteiger partial charge in [-0.25, -0.2) is 18.4 Å². The summed E-state index contributed by atoms with van der Waals surface area (Å²) in [5.41, 5.74) is 0.793. The summed E-state index contributed by atoms with van der Waals surface area (Å²) in [5, 5.41) is 9.20. The lowest BCUT2D eigenvalue weighted by Crippen LogP contribution is -2.38. The number of halogens is 2. The Morgan fingerprint density at radius 3 is 2.26 bits per heavy atom. The average molecular weight is 480 g/mol. The number of carboxylic acids is 1. The number of carboxylic acid groups (broad SMARTS) is 1. The van der Waals surface area contributed by atoms with E-state index in [0.29, 0.717) is 24.8 Å². The maximum Gasteiger partial charge on any atom is 0.415 e. The SMILES string of the molecule is CCOC(Cc1ccc(OCCN(CCC(C)C)C(=O)Oc2ccc(F)c(F)c2)cc1)C(=O)O. The molecule has 7 nitrogen and oxygen atoms in total. The highest BCUT2D eigenvalue weighted by molar-refractivity contribution is 5.72. The number of carbonyl (C=O) groups excluding carboxylic acids is 1. The van der Waals surface area contributed by atoms with Gasteiger partial charge in [0.2, 0.25) is 0 Å². The molecule has 9 heteroatoms. The summed E-state index contributed by atoms with van der Waals surface area (Å²) in [4.78, 5) is 25.3. The Hall–Kier alpha value is -3.20. The van der Waals surface area contributed by atoms with Crippen LogP contribution in [0.2, 0.25) is 0 Å². The van der Waals surface area contributed by atoms with Crippen LogP contribution in [0.25, 0.3) is 0 Å². The second-order valence-electron chi connectivity index (χ2n) is 8.09. The van der Waals surface area contributed by atoms with Crippen LogP contribution in [0.4, 0.5) is 13.6 Å². The standard InChI is InChI=1S/C25H31F2NO6/c1-4-32-23(24(29)30)15-18-5-7-19(8-6-18)33-14-13-28(12-11-17(2)3)25(31)34-20-9-10-21(26)22(27)16-20/h5-10,16-17,23H,4,11-15H2,1-3H3,(H,29,30). The largest absolute Gasteiger partial charge is 0.492 e. The second kappa shape index (κ2) is 13.5. The quantitative estimate of drug-likeness (QED) is 0.439. The topological polar surface area (TPSA) is 85.3 Å². The Morgan fingerprint density at radius 1 is 1.00 bits per heavy atom. The van der Waals surface area contributed by atoms with E-state index in [1.165, 1.54) is 11.0 Å². The predicted molar refractivity (Wildman–Crippen MR) is 122 cm³/mol. The van der Waals surface area contributed by atoms with E-state index in [2.05, 4.69) is 0 Å². The van der Waals surface area contributed by atoms with Crippen molar-refractivity contribution >= 4 is 12.1 Å². The van der Waals surface area contributed by atoms with Gasteiger partial charge in [-0.1, -0.05) is 26.0 Å². The molecular formula is C25H31F2NO6. The first-order valence-corrected chi connectivity index (χ1v) is 11.2. The summed E-state index contributed by atoms with van der Waals surface area (Å²) >= 11 is 0. The Labute approximate surface area is 198 Å². The zero-order chi connectivity index (χ0) is 25.1. The lowest BCUT2D eigenvalue weighted by Gasteiger charge is -2.23. The first-order chi connectivity index (χ1) is 16.2. The molecule has 0 aliphatic heterocycles. The van der Waals surface area contributed by atoms with Gasteiger partial charge in [-0.3, -0.25) is 0 Å². The fourth-order valence-corrected chi connectivity index (χ4v) is 3.04. The van der Waals surface area contributed by atoms with Crippen molar-refractivity contribution in [1.82, 2.24) is 4.90 Å². The molecule has 0 radical (unpaired) electrons. The fourth-order valence-electron chi connectivity index (χ4n) is 3.04. The third-order valence-corrected chi connectivity index (χ3v) is 4.95. The number of carbonyl (C=O) groups is 2. The number of hydrogen-bond donors (Lipinski definition) is 1. The Balaban J connectivity index is 1.93. The minimum absolute atomic E-state index is 0.0818. The summed E-state index contributed by atoms with van der Waals surface area (Å²) in [6, 6.07) is 9.88. The maximum atomic E-state index is 13.4. The molecular weight excluding hydrogens is 448 g/mol. The van der Waals surface area contributed by atoms with Crippen LogP contribution in [0.1, 0.15) is 32.8 Å². The molecule has 1 unspecified atom stereocenters. The molecule has 0 heterocycles. The molecule has 0 aromatic heterocycles. The Kier molecular flexibility index (Phi) is 10.7. The zero-order valence-corrected chi connectivity index (χ0v) is 19.6. The lowest BCUT2D eigenvalue weighted by atomic mass is 10.1. The van der Waals surface area contributed by atoms with Crippen molar-refractivity contribution in [2.75, 3.05) is 26.3 Å². The molecule has 34 heavy (non-hydrogen) atoms. The number of amides is 1. The summed E-state index contributed by atoms with van der Waals surface area (Å²) < 4.78 is 42.7. The van der Waals surface area contributed by atoms with Crippen LogP contribution in [-0.2, 0) is 16.0 Å². The monoisotopic (exact) mass is 479 g/mol. The van der Waals surface area contributed by atoms with Gasteiger partial charge in [-0.05, 0) is 49.1 Å². The molecule has 0 bridgehead atoms. The van der Waals surface area contributed by atoms with Crippen molar-refractivity contribution in [3.63, 3.8) is 0 Å². The molecule has 0 aliphatic rings. The van der Waals surface area contributed by atoms with Crippen LogP contribution < -0.4 is 9.47 Å². The highest BCUT2D eigenvalue weighted by Gasteiger charge is 2.19. The highest BCUT2D eigenvalue weighted by atomic mass is 19.2. The van der Waals surface area contributed by atoms with Gasteiger partial charge in [0.1, 0.15) is 18.1 Å². The summed E-state index contributed by atoms with van der Waals surface area (Å²) in [5.74, 6) is -2.31. The molecule has 0 saturated carbocycles. The Morgan fingerprint density at radius 2 is 1.68 bits per heavy atom. The molecule has 0 aliphatic carbocycles. The first kappa shape index (κ1) is 27.0. The van der Waals surface area contributed by atoms with Crippen molar-refractivity contribution in [3.05, 3.63) is 59.7 Å². The van der Waals surface area contributed by atoms with Gasteiger partial charge in [0.15, 0.2) is 17.7 Å². The van der Waals surface area contributed by atoms with Gasteiger partial charge in [0.25, 0.3) is 0 Å². The number of aliphatic carboxylic acids is 1. The van der Waals surface area contributed by atoms with Crippen LogP contribution in [0.3, 0.4) is 0 Å². The molecule has 2 aromatic carbocycles. The number of ether oxygens (including phenoxy) is 3. The van der Waals surface area contributed by atoms with Crippen molar-refractivity contribution < 1.29 is 37.7 Å². The molecule has 0 fully saturated rings. The van der Waals surface area contributed by atoms with Crippen molar-refractivity contribution in [2.24, 2.45) is 5.92 Å². The van der Waals surface area contributed by atoms with Gasteiger partial charge in [0.05, 0.1) is 6.54 Å². The number of nitrogens with zero attached hydrogens (tertiary/aromatic N) is 1. The first-order valence-electron chi connectivity index (χ1n) is 11.2. The molecule has 2 aromatic rings. The molecule has 0 saturated heterocycles. The van der Waals surface area contributed by atoms with Gasteiger partial charge in [-0.15, -0.1) is 0 Å². The molecule has 0 spiro atoms. The smallest absolute Gasteiger partial charge is 0.415 e. The van der Waals surface area contributed by atoms with Gasteiger partial charge in [0, 0.05) is 25.6 Å². The average Bonchev–Trinajstić information content (AvgIpc) is 2.79. The van der Waals surface area contributed by atoms with Crippen LogP contribution in [-0.4, -0.2) is 54.5 Å².